The molecule has 1 atom stereocenters. The fourth-order valence-corrected chi connectivity index (χ4v) is 3.39. The van der Waals surface area contributed by atoms with E-state index in [1.807, 2.05) is 17.0 Å². The lowest BCUT2D eigenvalue weighted by atomic mass is 10.0. The minimum absolute atomic E-state index is 0.317. The summed E-state index contributed by atoms with van der Waals surface area (Å²) in [5, 5.41) is 8.10. The average Bonchev–Trinajstić information content (AvgIpc) is 3.08. The molecule has 22 heavy (non-hydrogen) atoms. The number of piperidine rings is 1. The van der Waals surface area contributed by atoms with Crippen molar-refractivity contribution >= 4 is 11.7 Å². The zero-order valence-corrected chi connectivity index (χ0v) is 13.2. The zero-order valence-electron chi connectivity index (χ0n) is 13.2. The van der Waals surface area contributed by atoms with Crippen molar-refractivity contribution in [2.75, 3.05) is 25.0 Å². The number of anilines is 1. The second kappa shape index (κ2) is 6.90. The Morgan fingerprint density at radius 2 is 2.18 bits per heavy atom. The quantitative estimate of drug-likeness (QED) is 0.800. The molecule has 0 bridgehead atoms. The summed E-state index contributed by atoms with van der Waals surface area (Å²) < 4.78 is 0. The van der Waals surface area contributed by atoms with Gasteiger partial charge in [0.2, 0.25) is 5.91 Å². The molecule has 1 saturated heterocycles. The molecule has 0 saturated carbocycles. The van der Waals surface area contributed by atoms with Crippen LogP contribution in [0.5, 0.6) is 0 Å². The van der Waals surface area contributed by atoms with Gasteiger partial charge in [0.25, 0.3) is 0 Å². The fourth-order valence-electron chi connectivity index (χ4n) is 3.39. The molecule has 0 radical (unpaired) electrons. The molecule has 1 aromatic heterocycles. The maximum atomic E-state index is 12.4. The van der Waals surface area contributed by atoms with Gasteiger partial charge in [0.15, 0.2) is 5.82 Å². The van der Waals surface area contributed by atoms with Crippen molar-refractivity contribution in [2.45, 2.75) is 38.1 Å². The number of carbonyl (C=O) groups excluding carboxylic acids is 1. The van der Waals surface area contributed by atoms with Crippen LogP contribution in [0.15, 0.2) is 30.5 Å². The Kier molecular flexibility index (Phi) is 4.71. The highest BCUT2D eigenvalue weighted by atomic mass is 16.2. The normalized spacial score (nSPS) is 22.0. The van der Waals surface area contributed by atoms with Crippen LogP contribution in [0.4, 0.5) is 5.82 Å². The molecule has 0 unspecified atom stereocenters. The second-order valence-corrected chi connectivity index (χ2v) is 6.27. The number of rotatable bonds is 4. The van der Waals surface area contributed by atoms with Crippen molar-refractivity contribution in [3.05, 3.63) is 30.5 Å². The summed E-state index contributed by atoms with van der Waals surface area (Å²) in [6, 6.07) is 4.33. The van der Waals surface area contributed by atoms with Crippen LogP contribution in [0.25, 0.3) is 0 Å². The van der Waals surface area contributed by atoms with E-state index in [0.717, 1.165) is 44.6 Å². The van der Waals surface area contributed by atoms with E-state index in [-0.39, 0.29) is 0 Å². The van der Waals surface area contributed by atoms with Crippen LogP contribution in [0.1, 0.15) is 32.1 Å². The number of nitrogens with zero attached hydrogens (tertiary/aromatic N) is 4. The average molecular weight is 300 g/mol. The first kappa shape index (κ1) is 15.0. The minimum atomic E-state index is 0.317. The number of carbonyl (C=O) groups is 1. The third-order valence-electron chi connectivity index (χ3n) is 4.83. The molecule has 1 aliphatic carbocycles. The molecule has 3 rings (SSSR count). The lowest BCUT2D eigenvalue weighted by molar-refractivity contribution is -0.132. The first-order valence-electron chi connectivity index (χ1n) is 8.19. The topological polar surface area (TPSA) is 49.3 Å². The van der Waals surface area contributed by atoms with E-state index in [9.17, 15) is 4.79 Å². The molecule has 2 aliphatic rings. The third-order valence-corrected chi connectivity index (χ3v) is 4.83. The van der Waals surface area contributed by atoms with Crippen LogP contribution in [0.2, 0.25) is 0 Å². The standard InChI is InChI=1S/C17H24N4O/c1-20(16-7-4-10-18-19-16)15-8-11-21(12-9-15)17(22)13-14-5-2-3-6-14/h2,4-5,7,10,14-15H,3,6,8-9,11-13H2,1H3/t14-/m0/s1. The van der Waals surface area contributed by atoms with E-state index in [1.54, 1.807) is 6.20 Å². The predicted molar refractivity (Wildman–Crippen MR) is 86.5 cm³/mol. The van der Waals surface area contributed by atoms with Crippen LogP contribution in [0, 0.1) is 5.92 Å². The summed E-state index contributed by atoms with van der Waals surface area (Å²) in [5.74, 6) is 1.69. The Hall–Kier alpha value is -1.91. The number of aromatic nitrogens is 2. The molecule has 0 spiro atoms. The predicted octanol–water partition coefficient (Wildman–Crippen LogP) is 2.26. The molecule has 0 N–H and O–H groups in total. The van der Waals surface area contributed by atoms with E-state index in [2.05, 4.69) is 34.3 Å². The van der Waals surface area contributed by atoms with Gasteiger partial charge in [-0.05, 0) is 43.7 Å². The van der Waals surface area contributed by atoms with Gasteiger partial charge in [0.05, 0.1) is 0 Å². The summed E-state index contributed by atoms with van der Waals surface area (Å²) in [6.45, 7) is 1.70. The lowest BCUT2D eigenvalue weighted by Crippen LogP contribution is -2.46. The largest absolute Gasteiger partial charge is 0.355 e. The van der Waals surface area contributed by atoms with E-state index >= 15 is 0 Å². The number of likely N-dealkylation sites (tertiary alicyclic amines) is 1. The highest BCUT2D eigenvalue weighted by Gasteiger charge is 2.27. The van der Waals surface area contributed by atoms with Gasteiger partial charge < -0.3 is 9.80 Å². The number of hydrogen-bond acceptors (Lipinski definition) is 4. The van der Waals surface area contributed by atoms with Gasteiger partial charge in [-0.3, -0.25) is 4.79 Å². The Balaban J connectivity index is 1.49. The first-order chi connectivity index (χ1) is 10.7. The summed E-state index contributed by atoms with van der Waals surface area (Å²) in [6.07, 6.45) is 11.0. The van der Waals surface area contributed by atoms with Crippen molar-refractivity contribution in [1.29, 1.82) is 0 Å². The highest BCUT2D eigenvalue weighted by Crippen LogP contribution is 2.24. The molecular weight excluding hydrogens is 276 g/mol. The van der Waals surface area contributed by atoms with Crippen molar-refractivity contribution in [1.82, 2.24) is 15.1 Å². The van der Waals surface area contributed by atoms with Gasteiger partial charge in [0, 0.05) is 38.8 Å². The van der Waals surface area contributed by atoms with Crippen LogP contribution >= 0.6 is 0 Å². The Labute approximate surface area is 132 Å². The Morgan fingerprint density at radius 1 is 1.36 bits per heavy atom. The maximum absolute atomic E-state index is 12.4. The summed E-state index contributed by atoms with van der Waals surface area (Å²) >= 11 is 0. The number of amides is 1. The van der Waals surface area contributed by atoms with Crippen molar-refractivity contribution in [3.63, 3.8) is 0 Å². The minimum Gasteiger partial charge on any atom is -0.355 e. The molecule has 118 valence electrons. The van der Waals surface area contributed by atoms with Crippen molar-refractivity contribution < 1.29 is 4.79 Å². The molecule has 1 aliphatic heterocycles. The van der Waals surface area contributed by atoms with E-state index < -0.39 is 0 Å². The molecule has 5 nitrogen and oxygen atoms in total. The molecular formula is C17H24N4O. The first-order valence-corrected chi connectivity index (χ1v) is 8.19. The van der Waals surface area contributed by atoms with E-state index in [0.29, 0.717) is 24.3 Å². The Morgan fingerprint density at radius 3 is 2.82 bits per heavy atom. The van der Waals surface area contributed by atoms with Gasteiger partial charge in [0.1, 0.15) is 0 Å². The molecule has 1 aromatic rings. The molecule has 1 fully saturated rings. The molecule has 5 heteroatoms. The summed E-state index contributed by atoms with van der Waals surface area (Å²) in [4.78, 5) is 16.6. The smallest absolute Gasteiger partial charge is 0.223 e. The summed E-state index contributed by atoms with van der Waals surface area (Å²) in [7, 11) is 2.06. The van der Waals surface area contributed by atoms with E-state index in [1.165, 1.54) is 0 Å². The molecule has 0 aromatic carbocycles. The van der Waals surface area contributed by atoms with Crippen molar-refractivity contribution in [2.24, 2.45) is 5.92 Å². The zero-order chi connectivity index (χ0) is 15.4. The number of hydrogen-bond donors (Lipinski definition) is 0. The molecule has 2 heterocycles. The van der Waals surface area contributed by atoms with Gasteiger partial charge in [-0.1, -0.05) is 12.2 Å². The third kappa shape index (κ3) is 3.46. The molecule has 1 amide bonds. The second-order valence-electron chi connectivity index (χ2n) is 6.27. The lowest BCUT2D eigenvalue weighted by Gasteiger charge is -2.37. The van der Waals surface area contributed by atoms with E-state index in [4.69, 9.17) is 0 Å². The van der Waals surface area contributed by atoms with Crippen LogP contribution in [-0.2, 0) is 4.79 Å². The van der Waals surface area contributed by atoms with Crippen LogP contribution in [0.3, 0.4) is 0 Å². The monoisotopic (exact) mass is 300 g/mol. The number of allylic oxidation sites excluding steroid dienone is 2. The van der Waals surface area contributed by atoms with Crippen LogP contribution < -0.4 is 4.90 Å². The fraction of sp³-hybridized carbons (Fsp3) is 0.588. The summed E-state index contributed by atoms with van der Waals surface area (Å²) in [5.41, 5.74) is 0. The van der Waals surface area contributed by atoms with Gasteiger partial charge in [-0.25, -0.2) is 0 Å². The van der Waals surface area contributed by atoms with Crippen LogP contribution in [-0.4, -0.2) is 47.2 Å². The van der Waals surface area contributed by atoms with Gasteiger partial charge in [-0.15, -0.1) is 5.10 Å². The highest BCUT2D eigenvalue weighted by molar-refractivity contribution is 5.76. The van der Waals surface area contributed by atoms with Crippen molar-refractivity contribution in [3.8, 4) is 0 Å². The SMILES string of the molecule is CN(c1cccnn1)C1CCN(C(=O)C[C@H]2C=CCC2)CC1. The van der Waals surface area contributed by atoms with Gasteiger partial charge in [-0.2, -0.15) is 5.10 Å². The maximum Gasteiger partial charge on any atom is 0.223 e. The van der Waals surface area contributed by atoms with Gasteiger partial charge >= 0.3 is 0 Å². The Bertz CT molecular complexity index is 523.